The molecule has 1 amide bonds. The van der Waals surface area contributed by atoms with Crippen LogP contribution in [0.2, 0.25) is 0 Å². The smallest absolute Gasteiger partial charge is 0.233 e. The predicted molar refractivity (Wildman–Crippen MR) is 78.4 cm³/mol. The van der Waals surface area contributed by atoms with Crippen molar-refractivity contribution in [2.75, 3.05) is 13.2 Å². The number of amides is 1. The van der Waals surface area contributed by atoms with Crippen LogP contribution < -0.4 is 0 Å². The van der Waals surface area contributed by atoms with Crippen LogP contribution in [0.25, 0.3) is 0 Å². The van der Waals surface area contributed by atoms with Crippen LogP contribution in [-0.2, 0) is 10.2 Å². The van der Waals surface area contributed by atoms with Crippen molar-refractivity contribution in [2.45, 2.75) is 50.0 Å². The normalized spacial score (nSPS) is 25.1. The Morgan fingerprint density at radius 3 is 2.60 bits per heavy atom. The van der Waals surface area contributed by atoms with Crippen LogP contribution in [0, 0.1) is 0 Å². The topological polar surface area (TPSA) is 40.5 Å². The van der Waals surface area contributed by atoms with E-state index in [0.717, 1.165) is 44.2 Å². The van der Waals surface area contributed by atoms with Gasteiger partial charge in [-0.2, -0.15) is 0 Å². The van der Waals surface area contributed by atoms with E-state index in [2.05, 4.69) is 12.1 Å². The second kappa shape index (κ2) is 5.57. The molecule has 1 N–H and O–H groups in total. The molecule has 1 heterocycles. The zero-order chi connectivity index (χ0) is 14.0. The number of carbonyl (C=O) groups excluding carboxylic acids is 1. The van der Waals surface area contributed by atoms with Crippen molar-refractivity contribution in [3.63, 3.8) is 0 Å². The summed E-state index contributed by atoms with van der Waals surface area (Å²) < 4.78 is 0. The lowest BCUT2D eigenvalue weighted by molar-refractivity contribution is -0.137. The molecule has 2 fully saturated rings. The fourth-order valence-electron chi connectivity index (χ4n) is 3.42. The first kappa shape index (κ1) is 13.6. The molecule has 0 aromatic heterocycles. The molecule has 1 unspecified atom stereocenters. The molecule has 1 aliphatic carbocycles. The number of likely N-dealkylation sites (tertiary alicyclic amines) is 1. The lowest BCUT2D eigenvalue weighted by Crippen LogP contribution is -2.47. The Kier molecular flexibility index (Phi) is 3.79. The second-order valence-corrected chi connectivity index (χ2v) is 6.13. The summed E-state index contributed by atoms with van der Waals surface area (Å²) in [7, 11) is 0. The first-order valence-corrected chi connectivity index (χ1v) is 7.75. The SMILES string of the molecule is O=C(N1CCCCCC1CO)C1(c2ccccc2)CC1. The van der Waals surface area contributed by atoms with Crippen molar-refractivity contribution in [3.8, 4) is 0 Å². The average molecular weight is 273 g/mol. The summed E-state index contributed by atoms with van der Waals surface area (Å²) in [5.74, 6) is 0.240. The quantitative estimate of drug-likeness (QED) is 0.919. The first-order valence-electron chi connectivity index (χ1n) is 7.75. The van der Waals surface area contributed by atoms with Gasteiger partial charge >= 0.3 is 0 Å². The zero-order valence-electron chi connectivity index (χ0n) is 11.9. The molecule has 1 aromatic carbocycles. The van der Waals surface area contributed by atoms with E-state index in [-0.39, 0.29) is 24.0 Å². The lowest BCUT2D eigenvalue weighted by Gasteiger charge is -2.32. The first-order chi connectivity index (χ1) is 9.78. The highest BCUT2D eigenvalue weighted by molar-refractivity contribution is 5.91. The minimum Gasteiger partial charge on any atom is -0.394 e. The average Bonchev–Trinajstić information content (AvgIpc) is 3.32. The Balaban J connectivity index is 1.84. The highest BCUT2D eigenvalue weighted by Crippen LogP contribution is 2.50. The van der Waals surface area contributed by atoms with Gasteiger partial charge < -0.3 is 10.0 Å². The fraction of sp³-hybridized carbons (Fsp3) is 0.588. The van der Waals surface area contributed by atoms with Gasteiger partial charge in [-0.05, 0) is 31.2 Å². The maximum Gasteiger partial charge on any atom is 0.233 e. The molecule has 3 rings (SSSR count). The molecule has 20 heavy (non-hydrogen) atoms. The molecule has 1 saturated heterocycles. The Hall–Kier alpha value is -1.35. The van der Waals surface area contributed by atoms with Crippen LogP contribution in [0.4, 0.5) is 0 Å². The summed E-state index contributed by atoms with van der Waals surface area (Å²) >= 11 is 0. The zero-order valence-corrected chi connectivity index (χ0v) is 11.9. The molecule has 2 aliphatic rings. The van der Waals surface area contributed by atoms with Gasteiger partial charge in [-0.1, -0.05) is 43.2 Å². The number of carbonyl (C=O) groups is 1. The van der Waals surface area contributed by atoms with E-state index in [1.807, 2.05) is 23.1 Å². The molecule has 1 aliphatic heterocycles. The van der Waals surface area contributed by atoms with Crippen molar-refractivity contribution >= 4 is 5.91 Å². The molecular weight excluding hydrogens is 250 g/mol. The van der Waals surface area contributed by atoms with E-state index in [1.54, 1.807) is 0 Å². The van der Waals surface area contributed by atoms with Gasteiger partial charge in [0.25, 0.3) is 0 Å². The van der Waals surface area contributed by atoms with Gasteiger partial charge in [0.1, 0.15) is 0 Å². The molecule has 3 heteroatoms. The van der Waals surface area contributed by atoms with E-state index in [1.165, 1.54) is 6.42 Å². The fourth-order valence-corrected chi connectivity index (χ4v) is 3.42. The number of rotatable bonds is 3. The largest absolute Gasteiger partial charge is 0.394 e. The van der Waals surface area contributed by atoms with Crippen LogP contribution in [0.5, 0.6) is 0 Å². The van der Waals surface area contributed by atoms with Crippen LogP contribution in [0.1, 0.15) is 44.1 Å². The van der Waals surface area contributed by atoms with Crippen LogP contribution in [0.3, 0.4) is 0 Å². The van der Waals surface area contributed by atoms with Gasteiger partial charge in [0.2, 0.25) is 5.91 Å². The van der Waals surface area contributed by atoms with Crippen molar-refractivity contribution in [1.29, 1.82) is 0 Å². The predicted octanol–water partition coefficient (Wildman–Crippen LogP) is 2.48. The van der Waals surface area contributed by atoms with Gasteiger partial charge in [0.15, 0.2) is 0 Å². The summed E-state index contributed by atoms with van der Waals surface area (Å²) in [5.41, 5.74) is 0.852. The molecule has 0 radical (unpaired) electrons. The minimum absolute atomic E-state index is 0.0196. The molecule has 3 nitrogen and oxygen atoms in total. The van der Waals surface area contributed by atoms with Crippen LogP contribution >= 0.6 is 0 Å². The standard InChI is InChI=1S/C17H23NO2/c19-13-15-9-5-2-6-12-18(15)16(20)17(10-11-17)14-7-3-1-4-8-14/h1,3-4,7-8,15,19H,2,5-6,9-13H2. The molecular formula is C17H23NO2. The lowest BCUT2D eigenvalue weighted by atomic mass is 9.93. The van der Waals surface area contributed by atoms with Gasteiger partial charge in [0, 0.05) is 6.54 Å². The molecule has 1 saturated carbocycles. The number of hydrogen-bond acceptors (Lipinski definition) is 2. The third-order valence-corrected chi connectivity index (χ3v) is 4.83. The van der Waals surface area contributed by atoms with E-state index in [9.17, 15) is 9.90 Å². The minimum atomic E-state index is -0.293. The van der Waals surface area contributed by atoms with Crippen molar-refractivity contribution < 1.29 is 9.90 Å². The third-order valence-electron chi connectivity index (χ3n) is 4.83. The van der Waals surface area contributed by atoms with Gasteiger partial charge in [0.05, 0.1) is 18.1 Å². The Morgan fingerprint density at radius 1 is 1.20 bits per heavy atom. The van der Waals surface area contributed by atoms with E-state index in [4.69, 9.17) is 0 Å². The number of nitrogens with zero attached hydrogens (tertiary/aromatic N) is 1. The number of aliphatic hydroxyl groups excluding tert-OH is 1. The molecule has 1 aromatic rings. The van der Waals surface area contributed by atoms with Gasteiger partial charge in [-0.15, -0.1) is 0 Å². The van der Waals surface area contributed by atoms with Crippen LogP contribution in [0.15, 0.2) is 30.3 Å². The Morgan fingerprint density at radius 2 is 1.95 bits per heavy atom. The van der Waals surface area contributed by atoms with Gasteiger partial charge in [-0.25, -0.2) is 0 Å². The summed E-state index contributed by atoms with van der Waals surface area (Å²) in [6, 6.07) is 10.2. The number of benzene rings is 1. The molecule has 1 atom stereocenters. The molecule has 0 bridgehead atoms. The maximum absolute atomic E-state index is 13.0. The molecule has 0 spiro atoms. The summed E-state index contributed by atoms with van der Waals surface area (Å²) in [5, 5.41) is 9.60. The summed E-state index contributed by atoms with van der Waals surface area (Å²) in [6.07, 6.45) is 6.18. The number of aliphatic hydroxyl groups is 1. The third kappa shape index (κ3) is 2.35. The number of hydrogen-bond donors (Lipinski definition) is 1. The molecule has 108 valence electrons. The maximum atomic E-state index is 13.0. The Bertz CT molecular complexity index is 467. The van der Waals surface area contributed by atoms with E-state index < -0.39 is 0 Å². The summed E-state index contributed by atoms with van der Waals surface area (Å²) in [6.45, 7) is 0.898. The van der Waals surface area contributed by atoms with E-state index >= 15 is 0 Å². The highest BCUT2D eigenvalue weighted by Gasteiger charge is 2.53. The van der Waals surface area contributed by atoms with Crippen molar-refractivity contribution in [3.05, 3.63) is 35.9 Å². The summed E-state index contributed by atoms with van der Waals surface area (Å²) in [4.78, 5) is 15.0. The van der Waals surface area contributed by atoms with Crippen molar-refractivity contribution in [1.82, 2.24) is 4.90 Å². The van der Waals surface area contributed by atoms with Crippen LogP contribution in [-0.4, -0.2) is 35.1 Å². The Labute approximate surface area is 120 Å². The van der Waals surface area contributed by atoms with Crippen molar-refractivity contribution in [2.24, 2.45) is 0 Å². The van der Waals surface area contributed by atoms with Gasteiger partial charge in [-0.3, -0.25) is 4.79 Å². The van der Waals surface area contributed by atoms with E-state index in [0.29, 0.717) is 0 Å². The second-order valence-electron chi connectivity index (χ2n) is 6.13. The highest BCUT2D eigenvalue weighted by atomic mass is 16.3. The monoisotopic (exact) mass is 273 g/mol.